The Kier molecular flexibility index (Phi) is 10.2. The van der Waals surface area contributed by atoms with Gasteiger partial charge in [0.25, 0.3) is 0 Å². The fraction of sp³-hybridized carbons (Fsp3) is 1.00. The van der Waals surface area contributed by atoms with Gasteiger partial charge in [-0.3, -0.25) is 4.55 Å². The average molecular weight is 665 g/mol. The molecule has 45 heavy (non-hydrogen) atoms. The maximum absolute atomic E-state index is 12.6. The largest absolute Gasteiger partial charge is 0.397 e. The molecule has 0 aromatic heterocycles. The first kappa shape index (κ1) is 35.8. The van der Waals surface area contributed by atoms with Gasteiger partial charge in [-0.15, -0.1) is 0 Å². The topological polar surface area (TPSA) is 203 Å². The molecule has 5 aliphatic rings. The molecule has 12 nitrogen and oxygen atoms in total. The Morgan fingerprint density at radius 3 is 2.20 bits per heavy atom. The number of aliphatic hydroxyl groups excluding tert-OH is 5. The predicted molar refractivity (Wildman–Crippen MR) is 162 cm³/mol. The first-order valence-corrected chi connectivity index (χ1v) is 18.2. The molecule has 5 rings (SSSR count). The zero-order valence-electron chi connectivity index (χ0n) is 27.2. The molecule has 13 heteroatoms. The highest BCUT2D eigenvalue weighted by atomic mass is 32.3. The predicted octanol–water partition coefficient (Wildman–Crippen LogP) is 1.79. The molecule has 0 radical (unpaired) electrons. The summed E-state index contributed by atoms with van der Waals surface area (Å²) in [6.07, 6.45) is -2.50. The number of fused-ring (bicyclic) bond motifs is 5. The smallest absolute Gasteiger partial charge is 0.393 e. The lowest BCUT2D eigenvalue weighted by atomic mass is 9.42. The fourth-order valence-electron chi connectivity index (χ4n) is 10.9. The quantitative estimate of drug-likeness (QED) is 0.139. The Bertz CT molecular complexity index is 1150. The van der Waals surface area contributed by atoms with Gasteiger partial charge < -0.3 is 40.1 Å². The SMILES string of the molecule is CC(C)[C@H](CC[C@@H](C)[C@H]1CC(O)C2[C@]3(O)C[C@H](O)C4C[C@@H](OC5OCC(O)C(O)C5O)CC[C@]4(C)C3CC[C@@]21C)OS(=O)(=O)O. The third-order valence-corrected chi connectivity index (χ3v) is 13.6. The standard InChI is InChI=1S/C32H56O12S/c1-16(2)24(44-45(39,40)41)7-6-17(3)19-13-21(33)28-31(19,5)11-9-25-30(4)10-8-18(12-20(30)22(34)14-32(25,28)38)43-29-27(37)26(36)23(35)15-42-29/h16-29,33-38H,6-15H2,1-5H3,(H,39,40,41)/t17-,18+,19-,20?,21?,22+,23?,24+,25?,26?,27?,28?,29?,30+,31-,32+/m1/s1. The van der Waals surface area contributed by atoms with Crippen LogP contribution in [-0.4, -0.2) is 105 Å². The van der Waals surface area contributed by atoms with Crippen molar-refractivity contribution in [1.82, 2.24) is 0 Å². The van der Waals surface area contributed by atoms with Crippen molar-refractivity contribution >= 4 is 10.4 Å². The van der Waals surface area contributed by atoms with Crippen LogP contribution in [0.15, 0.2) is 0 Å². The maximum Gasteiger partial charge on any atom is 0.397 e. The van der Waals surface area contributed by atoms with Crippen LogP contribution in [0.5, 0.6) is 0 Å². The van der Waals surface area contributed by atoms with Gasteiger partial charge in [-0.1, -0.05) is 34.6 Å². The van der Waals surface area contributed by atoms with E-state index in [4.69, 9.17) is 13.7 Å². The van der Waals surface area contributed by atoms with E-state index in [1.54, 1.807) is 0 Å². The van der Waals surface area contributed by atoms with Crippen LogP contribution in [0, 0.1) is 46.3 Å². The Morgan fingerprint density at radius 1 is 0.889 bits per heavy atom. The van der Waals surface area contributed by atoms with Crippen LogP contribution in [0.2, 0.25) is 0 Å². The Morgan fingerprint density at radius 2 is 1.56 bits per heavy atom. The Labute approximate surface area is 267 Å². The van der Waals surface area contributed by atoms with Gasteiger partial charge in [-0.05, 0) is 91.8 Å². The number of hydrogen-bond donors (Lipinski definition) is 7. The molecular formula is C32H56O12S. The maximum atomic E-state index is 12.6. The Balaban J connectivity index is 1.29. The molecule has 7 N–H and O–H groups in total. The van der Waals surface area contributed by atoms with Gasteiger partial charge in [-0.25, -0.2) is 4.18 Å². The van der Waals surface area contributed by atoms with E-state index in [9.17, 15) is 43.6 Å². The summed E-state index contributed by atoms with van der Waals surface area (Å²) in [6, 6.07) is 0. The van der Waals surface area contributed by atoms with E-state index in [-0.39, 0.29) is 54.1 Å². The fourth-order valence-corrected chi connectivity index (χ4v) is 11.5. The van der Waals surface area contributed by atoms with E-state index in [1.165, 1.54) is 0 Å². The van der Waals surface area contributed by atoms with Crippen LogP contribution in [0.25, 0.3) is 0 Å². The lowest BCUT2D eigenvalue weighted by Crippen LogP contribution is -2.68. The minimum atomic E-state index is -4.58. The van der Waals surface area contributed by atoms with E-state index in [0.717, 1.165) is 12.8 Å². The van der Waals surface area contributed by atoms with Gasteiger partial charge in [-0.2, -0.15) is 8.42 Å². The second-order valence-corrected chi connectivity index (χ2v) is 17.1. The summed E-state index contributed by atoms with van der Waals surface area (Å²) in [5.74, 6) is -0.683. The number of ether oxygens (including phenoxy) is 2. The molecular weight excluding hydrogens is 608 g/mol. The van der Waals surface area contributed by atoms with Crippen molar-refractivity contribution < 1.29 is 57.3 Å². The Hall–Kier alpha value is -0.450. The van der Waals surface area contributed by atoms with Gasteiger partial charge >= 0.3 is 10.4 Å². The first-order chi connectivity index (χ1) is 20.8. The molecule has 8 unspecified atom stereocenters. The summed E-state index contributed by atoms with van der Waals surface area (Å²) in [5, 5.41) is 66.1. The van der Waals surface area contributed by atoms with Crippen molar-refractivity contribution in [3.63, 3.8) is 0 Å². The first-order valence-electron chi connectivity index (χ1n) is 16.9. The minimum absolute atomic E-state index is 0.0728. The molecule has 5 fully saturated rings. The van der Waals surface area contributed by atoms with Gasteiger partial charge in [0, 0.05) is 12.3 Å². The van der Waals surface area contributed by atoms with Crippen molar-refractivity contribution in [2.75, 3.05) is 6.61 Å². The highest BCUT2D eigenvalue weighted by molar-refractivity contribution is 7.80. The molecule has 0 spiro atoms. The molecule has 1 aliphatic heterocycles. The van der Waals surface area contributed by atoms with E-state index in [2.05, 4.69) is 20.8 Å². The zero-order chi connectivity index (χ0) is 33.3. The van der Waals surface area contributed by atoms with Crippen molar-refractivity contribution in [1.29, 1.82) is 0 Å². The number of rotatable bonds is 9. The molecule has 262 valence electrons. The normalized spacial score (nSPS) is 50.0. The van der Waals surface area contributed by atoms with Gasteiger partial charge in [0.1, 0.15) is 18.3 Å². The molecule has 4 saturated carbocycles. The van der Waals surface area contributed by atoms with Crippen molar-refractivity contribution in [2.45, 2.75) is 147 Å². The molecule has 1 heterocycles. The van der Waals surface area contributed by atoms with Crippen LogP contribution >= 0.6 is 0 Å². The highest BCUT2D eigenvalue weighted by Crippen LogP contribution is 2.70. The summed E-state index contributed by atoms with van der Waals surface area (Å²) in [7, 11) is -4.58. The summed E-state index contributed by atoms with van der Waals surface area (Å²) < 4.78 is 48.6. The van der Waals surface area contributed by atoms with Gasteiger partial charge in [0.15, 0.2) is 6.29 Å². The lowest BCUT2D eigenvalue weighted by molar-refractivity contribution is -0.300. The lowest BCUT2D eigenvalue weighted by Gasteiger charge is -2.66. The van der Waals surface area contributed by atoms with Gasteiger partial charge in [0.2, 0.25) is 0 Å². The molecule has 0 bridgehead atoms. The molecule has 0 aromatic rings. The van der Waals surface area contributed by atoms with E-state index in [0.29, 0.717) is 38.5 Å². The third-order valence-electron chi connectivity index (χ3n) is 13.1. The summed E-state index contributed by atoms with van der Waals surface area (Å²) >= 11 is 0. The number of hydrogen-bond acceptors (Lipinski definition) is 11. The van der Waals surface area contributed by atoms with Crippen molar-refractivity contribution in [3.8, 4) is 0 Å². The van der Waals surface area contributed by atoms with Crippen molar-refractivity contribution in [2.24, 2.45) is 46.3 Å². The molecule has 16 atom stereocenters. The van der Waals surface area contributed by atoms with Gasteiger partial charge in [0.05, 0.1) is 36.6 Å². The highest BCUT2D eigenvalue weighted by Gasteiger charge is 2.70. The summed E-state index contributed by atoms with van der Waals surface area (Å²) in [6.45, 7) is 9.95. The van der Waals surface area contributed by atoms with Crippen LogP contribution in [0.1, 0.15) is 92.4 Å². The third kappa shape index (κ3) is 6.50. The summed E-state index contributed by atoms with van der Waals surface area (Å²) in [4.78, 5) is 0. The zero-order valence-corrected chi connectivity index (χ0v) is 28.1. The second-order valence-electron chi connectivity index (χ2n) is 16.0. The van der Waals surface area contributed by atoms with Crippen LogP contribution in [0.3, 0.4) is 0 Å². The number of aliphatic hydroxyl groups is 6. The van der Waals surface area contributed by atoms with E-state index >= 15 is 0 Å². The molecule has 1 saturated heterocycles. The average Bonchev–Trinajstić information content (AvgIpc) is 3.22. The van der Waals surface area contributed by atoms with E-state index in [1.807, 2.05) is 13.8 Å². The van der Waals surface area contributed by atoms with Crippen molar-refractivity contribution in [3.05, 3.63) is 0 Å². The molecule has 0 amide bonds. The second kappa shape index (κ2) is 12.8. The van der Waals surface area contributed by atoms with Crippen LogP contribution < -0.4 is 0 Å². The summed E-state index contributed by atoms with van der Waals surface area (Å²) in [5.41, 5.74) is -2.06. The molecule has 4 aliphatic carbocycles. The van der Waals surface area contributed by atoms with E-state index < -0.39 is 70.2 Å². The van der Waals surface area contributed by atoms with Crippen LogP contribution in [-0.2, 0) is 24.1 Å². The minimum Gasteiger partial charge on any atom is -0.393 e. The monoisotopic (exact) mass is 664 g/mol. The van der Waals surface area contributed by atoms with Crippen LogP contribution in [0.4, 0.5) is 0 Å². The molecule has 0 aromatic carbocycles.